The molecule has 3 nitrogen and oxygen atoms in total. The van der Waals surface area contributed by atoms with Crippen LogP contribution < -0.4 is 10.6 Å². The van der Waals surface area contributed by atoms with E-state index < -0.39 is 0 Å². The Morgan fingerprint density at radius 2 is 1.72 bits per heavy atom. The Bertz CT molecular complexity index is 558. The van der Waals surface area contributed by atoms with Crippen molar-refractivity contribution in [2.24, 2.45) is 5.73 Å². The topological polar surface area (TPSA) is 53.1 Å². The predicted molar refractivity (Wildman–Crippen MR) is 76.7 cm³/mol. The molecule has 0 unspecified atom stereocenters. The zero-order chi connectivity index (χ0) is 13.1. The smallest absolute Gasteiger partial charge is 0.122 e. The fourth-order valence-electron chi connectivity index (χ4n) is 1.85. The van der Waals surface area contributed by atoms with Crippen LogP contribution in [0.25, 0.3) is 0 Å². The van der Waals surface area contributed by atoms with Crippen molar-refractivity contribution in [1.29, 1.82) is 5.41 Å². The zero-order valence-corrected chi connectivity index (χ0v) is 10.6. The third kappa shape index (κ3) is 2.51. The van der Waals surface area contributed by atoms with E-state index in [4.69, 9.17) is 11.1 Å². The van der Waals surface area contributed by atoms with Crippen molar-refractivity contribution in [3.63, 3.8) is 0 Å². The van der Waals surface area contributed by atoms with E-state index in [9.17, 15) is 0 Å². The molecule has 0 spiro atoms. The van der Waals surface area contributed by atoms with E-state index in [0.717, 1.165) is 16.9 Å². The Kier molecular flexibility index (Phi) is 3.33. The molecule has 0 radical (unpaired) electrons. The van der Waals surface area contributed by atoms with Crippen molar-refractivity contribution in [3.8, 4) is 0 Å². The summed E-state index contributed by atoms with van der Waals surface area (Å²) in [5, 5.41) is 7.37. The van der Waals surface area contributed by atoms with Gasteiger partial charge >= 0.3 is 0 Å². The fourth-order valence-corrected chi connectivity index (χ4v) is 1.85. The number of anilines is 2. The lowest BCUT2D eigenvalue weighted by Gasteiger charge is -2.20. The lowest BCUT2D eigenvalue weighted by molar-refractivity contribution is 1.20. The molecule has 18 heavy (non-hydrogen) atoms. The van der Waals surface area contributed by atoms with Gasteiger partial charge in [-0.05, 0) is 48.9 Å². The molecular weight excluding hydrogens is 222 g/mol. The van der Waals surface area contributed by atoms with Crippen LogP contribution in [-0.2, 0) is 0 Å². The molecule has 0 aliphatic rings. The monoisotopic (exact) mass is 239 g/mol. The third-order valence-electron chi connectivity index (χ3n) is 2.95. The molecule has 0 bridgehead atoms. The van der Waals surface area contributed by atoms with E-state index in [1.165, 1.54) is 5.56 Å². The van der Waals surface area contributed by atoms with Crippen LogP contribution in [-0.4, -0.2) is 12.9 Å². The second kappa shape index (κ2) is 4.92. The van der Waals surface area contributed by atoms with E-state index in [0.29, 0.717) is 0 Å². The highest BCUT2D eigenvalue weighted by molar-refractivity contribution is 5.95. The molecule has 0 atom stereocenters. The minimum absolute atomic E-state index is 0.0970. The van der Waals surface area contributed by atoms with E-state index in [2.05, 4.69) is 30.0 Å². The molecule has 0 fully saturated rings. The molecule has 2 aromatic rings. The Balaban J connectivity index is 2.28. The van der Waals surface area contributed by atoms with Crippen LogP contribution in [0.5, 0.6) is 0 Å². The van der Waals surface area contributed by atoms with Gasteiger partial charge in [-0.1, -0.05) is 12.1 Å². The first-order chi connectivity index (χ1) is 8.58. The number of rotatable bonds is 3. The maximum Gasteiger partial charge on any atom is 0.122 e. The minimum atomic E-state index is 0.0970. The SMILES string of the molecule is Cc1cccc(N(C)c2ccc(C(=N)N)cc2)c1. The average Bonchev–Trinajstić information content (AvgIpc) is 2.38. The number of nitrogens with one attached hydrogen (secondary N) is 1. The molecule has 0 amide bonds. The molecule has 0 heterocycles. The number of hydrogen-bond donors (Lipinski definition) is 2. The van der Waals surface area contributed by atoms with Crippen LogP contribution in [0.1, 0.15) is 11.1 Å². The van der Waals surface area contributed by atoms with E-state index in [1.54, 1.807) is 0 Å². The summed E-state index contributed by atoms with van der Waals surface area (Å²) >= 11 is 0. The number of benzene rings is 2. The van der Waals surface area contributed by atoms with Gasteiger partial charge in [-0.2, -0.15) is 0 Å². The quantitative estimate of drug-likeness (QED) is 0.639. The summed E-state index contributed by atoms with van der Waals surface area (Å²) in [6.45, 7) is 2.08. The predicted octanol–water partition coefficient (Wildman–Crippen LogP) is 3.05. The lowest BCUT2D eigenvalue weighted by atomic mass is 10.1. The first-order valence-corrected chi connectivity index (χ1v) is 5.83. The second-order valence-corrected chi connectivity index (χ2v) is 4.36. The van der Waals surface area contributed by atoms with Crippen molar-refractivity contribution >= 4 is 17.2 Å². The number of amidine groups is 1. The van der Waals surface area contributed by atoms with Gasteiger partial charge in [0.1, 0.15) is 5.84 Å². The van der Waals surface area contributed by atoms with Crippen molar-refractivity contribution in [2.45, 2.75) is 6.92 Å². The molecule has 0 aliphatic heterocycles. The first kappa shape index (κ1) is 12.2. The van der Waals surface area contributed by atoms with Crippen LogP contribution in [0, 0.1) is 12.3 Å². The number of aryl methyl sites for hydroxylation is 1. The van der Waals surface area contributed by atoms with Crippen LogP contribution >= 0.6 is 0 Å². The molecule has 0 saturated carbocycles. The molecule has 2 rings (SSSR count). The van der Waals surface area contributed by atoms with Crippen LogP contribution in [0.15, 0.2) is 48.5 Å². The van der Waals surface area contributed by atoms with Crippen LogP contribution in [0.2, 0.25) is 0 Å². The Morgan fingerprint density at radius 3 is 2.28 bits per heavy atom. The van der Waals surface area contributed by atoms with Crippen LogP contribution in [0.4, 0.5) is 11.4 Å². The largest absolute Gasteiger partial charge is 0.384 e. The molecule has 3 N–H and O–H groups in total. The van der Waals surface area contributed by atoms with Gasteiger partial charge in [0.15, 0.2) is 0 Å². The van der Waals surface area contributed by atoms with Crippen molar-refractivity contribution in [2.75, 3.05) is 11.9 Å². The standard InChI is InChI=1S/C15H17N3/c1-11-4-3-5-14(10-11)18(2)13-8-6-12(7-9-13)15(16)17/h3-10H,1-2H3,(H3,16,17). The highest BCUT2D eigenvalue weighted by Gasteiger charge is 2.04. The van der Waals surface area contributed by atoms with E-state index in [1.807, 2.05) is 37.4 Å². The number of nitrogens with two attached hydrogens (primary N) is 1. The van der Waals surface area contributed by atoms with Crippen molar-refractivity contribution in [3.05, 3.63) is 59.7 Å². The summed E-state index contributed by atoms with van der Waals surface area (Å²) in [6.07, 6.45) is 0. The zero-order valence-electron chi connectivity index (χ0n) is 10.6. The highest BCUT2D eigenvalue weighted by atomic mass is 15.1. The van der Waals surface area contributed by atoms with Crippen molar-refractivity contribution < 1.29 is 0 Å². The third-order valence-corrected chi connectivity index (χ3v) is 2.95. The van der Waals surface area contributed by atoms with Gasteiger partial charge in [0.25, 0.3) is 0 Å². The second-order valence-electron chi connectivity index (χ2n) is 4.36. The van der Waals surface area contributed by atoms with Crippen LogP contribution in [0.3, 0.4) is 0 Å². The number of nitrogens with zero attached hydrogens (tertiary/aromatic N) is 1. The highest BCUT2D eigenvalue weighted by Crippen LogP contribution is 2.24. The summed E-state index contributed by atoms with van der Waals surface area (Å²) in [5.41, 5.74) is 9.64. The summed E-state index contributed by atoms with van der Waals surface area (Å²) in [7, 11) is 2.03. The lowest BCUT2D eigenvalue weighted by Crippen LogP contribution is -2.12. The van der Waals surface area contributed by atoms with Gasteiger partial charge in [-0.25, -0.2) is 0 Å². The van der Waals surface area contributed by atoms with Gasteiger partial charge < -0.3 is 10.6 Å². The van der Waals surface area contributed by atoms with Gasteiger partial charge in [0, 0.05) is 24.0 Å². The van der Waals surface area contributed by atoms with Gasteiger partial charge in [-0.3, -0.25) is 5.41 Å². The Morgan fingerprint density at radius 1 is 1.06 bits per heavy atom. The molecule has 0 aromatic heterocycles. The first-order valence-electron chi connectivity index (χ1n) is 5.83. The van der Waals surface area contributed by atoms with E-state index >= 15 is 0 Å². The Labute approximate surface area is 107 Å². The summed E-state index contributed by atoms with van der Waals surface area (Å²) in [5.74, 6) is 0.0970. The van der Waals surface area contributed by atoms with Gasteiger partial charge in [-0.15, -0.1) is 0 Å². The molecule has 3 heteroatoms. The molecule has 0 aliphatic carbocycles. The normalized spacial score (nSPS) is 10.1. The fraction of sp³-hybridized carbons (Fsp3) is 0.133. The van der Waals surface area contributed by atoms with Gasteiger partial charge in [0.2, 0.25) is 0 Å². The maximum atomic E-state index is 7.37. The molecule has 92 valence electrons. The number of hydrogen-bond acceptors (Lipinski definition) is 2. The summed E-state index contributed by atoms with van der Waals surface area (Å²) in [6, 6.07) is 16.0. The summed E-state index contributed by atoms with van der Waals surface area (Å²) in [4.78, 5) is 2.11. The maximum absolute atomic E-state index is 7.37. The van der Waals surface area contributed by atoms with E-state index in [-0.39, 0.29) is 5.84 Å². The molecule has 2 aromatic carbocycles. The van der Waals surface area contributed by atoms with Gasteiger partial charge in [0.05, 0.1) is 0 Å². The average molecular weight is 239 g/mol. The van der Waals surface area contributed by atoms with Crippen molar-refractivity contribution in [1.82, 2.24) is 0 Å². The minimum Gasteiger partial charge on any atom is -0.384 e. The molecule has 0 saturated heterocycles. The molecular formula is C15H17N3. The number of nitrogen functional groups attached to an aromatic ring is 1. The Hall–Kier alpha value is -2.29. The summed E-state index contributed by atoms with van der Waals surface area (Å²) < 4.78 is 0.